The number of hydrogen-bond donors (Lipinski definition) is 1. The van der Waals surface area contributed by atoms with Gasteiger partial charge in [0.25, 0.3) is 0 Å². The average molecular weight is 227 g/mol. The van der Waals surface area contributed by atoms with Crippen LogP contribution in [0.1, 0.15) is 51.9 Å². The van der Waals surface area contributed by atoms with Crippen LogP contribution >= 0.6 is 0 Å². The molecule has 1 fully saturated rings. The van der Waals surface area contributed by atoms with Gasteiger partial charge in [0.05, 0.1) is 12.5 Å². The minimum Gasteiger partial charge on any atom is -0.465 e. The highest BCUT2D eigenvalue weighted by atomic mass is 16.5. The second-order valence-corrected chi connectivity index (χ2v) is 4.97. The lowest BCUT2D eigenvalue weighted by Crippen LogP contribution is -2.21. The summed E-state index contributed by atoms with van der Waals surface area (Å²) in [5, 5.41) is 0. The van der Waals surface area contributed by atoms with Gasteiger partial charge in [0.1, 0.15) is 0 Å². The first kappa shape index (κ1) is 13.5. The van der Waals surface area contributed by atoms with Crippen molar-refractivity contribution in [3.8, 4) is 0 Å². The molecule has 2 N–H and O–H groups in total. The largest absolute Gasteiger partial charge is 0.465 e. The molecule has 0 aromatic carbocycles. The topological polar surface area (TPSA) is 52.3 Å². The summed E-state index contributed by atoms with van der Waals surface area (Å²) in [6.45, 7) is 3.21. The molecule has 16 heavy (non-hydrogen) atoms. The van der Waals surface area contributed by atoms with Crippen molar-refractivity contribution >= 4 is 5.97 Å². The lowest BCUT2D eigenvalue weighted by molar-refractivity contribution is -0.149. The fourth-order valence-electron chi connectivity index (χ4n) is 2.24. The molecule has 0 aromatic heterocycles. The van der Waals surface area contributed by atoms with Crippen LogP contribution in [0.2, 0.25) is 0 Å². The summed E-state index contributed by atoms with van der Waals surface area (Å²) < 4.78 is 5.36. The van der Waals surface area contributed by atoms with Crippen LogP contribution in [0, 0.1) is 11.8 Å². The van der Waals surface area contributed by atoms with Crippen molar-refractivity contribution in [2.45, 2.75) is 51.9 Å². The van der Waals surface area contributed by atoms with Gasteiger partial charge in [0.2, 0.25) is 0 Å². The standard InChI is InChI=1S/C13H25NO2/c1-11(6-5-9-14)13(15)16-10-12-7-3-2-4-8-12/h11-12H,2-10,14H2,1H3. The molecule has 1 rings (SSSR count). The molecule has 94 valence electrons. The van der Waals surface area contributed by atoms with Gasteiger partial charge in [-0.05, 0) is 38.1 Å². The molecular formula is C13H25NO2. The Balaban J connectivity index is 2.12. The van der Waals surface area contributed by atoms with Crippen molar-refractivity contribution in [1.82, 2.24) is 0 Å². The van der Waals surface area contributed by atoms with Crippen LogP contribution in [-0.4, -0.2) is 19.1 Å². The van der Waals surface area contributed by atoms with Crippen LogP contribution in [-0.2, 0) is 9.53 Å². The Morgan fingerprint density at radius 3 is 2.69 bits per heavy atom. The summed E-state index contributed by atoms with van der Waals surface area (Å²) in [6.07, 6.45) is 8.14. The van der Waals surface area contributed by atoms with Gasteiger partial charge in [-0.2, -0.15) is 0 Å². The molecule has 1 unspecified atom stereocenters. The van der Waals surface area contributed by atoms with Crippen molar-refractivity contribution < 1.29 is 9.53 Å². The van der Waals surface area contributed by atoms with E-state index < -0.39 is 0 Å². The van der Waals surface area contributed by atoms with Gasteiger partial charge in [-0.25, -0.2) is 0 Å². The number of rotatable bonds is 6. The molecule has 1 atom stereocenters. The molecule has 3 heteroatoms. The normalized spacial score (nSPS) is 19.4. The Hall–Kier alpha value is -0.570. The summed E-state index contributed by atoms with van der Waals surface area (Å²) in [4.78, 5) is 11.6. The number of carbonyl (C=O) groups excluding carboxylic acids is 1. The highest BCUT2D eigenvalue weighted by Crippen LogP contribution is 2.24. The summed E-state index contributed by atoms with van der Waals surface area (Å²) in [7, 11) is 0. The quantitative estimate of drug-likeness (QED) is 0.709. The minimum absolute atomic E-state index is 0.00661. The van der Waals surface area contributed by atoms with E-state index in [0.717, 1.165) is 12.8 Å². The number of carbonyl (C=O) groups is 1. The van der Waals surface area contributed by atoms with Crippen LogP contribution in [0.15, 0.2) is 0 Å². The van der Waals surface area contributed by atoms with E-state index in [1.54, 1.807) is 0 Å². The van der Waals surface area contributed by atoms with E-state index in [-0.39, 0.29) is 11.9 Å². The molecule has 0 aromatic rings. The van der Waals surface area contributed by atoms with Crippen molar-refractivity contribution in [2.24, 2.45) is 17.6 Å². The Labute approximate surface area is 98.7 Å². The predicted octanol–water partition coefficient (Wildman–Crippen LogP) is 2.48. The van der Waals surface area contributed by atoms with E-state index >= 15 is 0 Å². The van der Waals surface area contributed by atoms with Gasteiger partial charge in [0, 0.05) is 0 Å². The fourth-order valence-corrected chi connectivity index (χ4v) is 2.24. The van der Waals surface area contributed by atoms with E-state index in [0.29, 0.717) is 19.1 Å². The van der Waals surface area contributed by atoms with Crippen molar-refractivity contribution in [3.63, 3.8) is 0 Å². The molecule has 0 amide bonds. The molecule has 0 aliphatic heterocycles. The van der Waals surface area contributed by atoms with E-state index in [9.17, 15) is 4.79 Å². The molecule has 3 nitrogen and oxygen atoms in total. The molecule has 0 spiro atoms. The number of hydrogen-bond acceptors (Lipinski definition) is 3. The van der Waals surface area contributed by atoms with E-state index in [4.69, 9.17) is 10.5 Å². The Kier molecular flexibility index (Phi) is 6.46. The maximum atomic E-state index is 11.6. The smallest absolute Gasteiger partial charge is 0.308 e. The van der Waals surface area contributed by atoms with E-state index in [2.05, 4.69) is 0 Å². The fraction of sp³-hybridized carbons (Fsp3) is 0.923. The van der Waals surface area contributed by atoms with Crippen molar-refractivity contribution in [2.75, 3.05) is 13.2 Å². The average Bonchev–Trinajstić information content (AvgIpc) is 2.34. The zero-order valence-electron chi connectivity index (χ0n) is 10.4. The molecular weight excluding hydrogens is 202 g/mol. The lowest BCUT2D eigenvalue weighted by Gasteiger charge is -2.22. The predicted molar refractivity (Wildman–Crippen MR) is 65.0 cm³/mol. The van der Waals surface area contributed by atoms with Gasteiger partial charge in [-0.15, -0.1) is 0 Å². The Bertz CT molecular complexity index is 200. The zero-order valence-corrected chi connectivity index (χ0v) is 10.4. The molecule has 0 bridgehead atoms. The van der Waals surface area contributed by atoms with Gasteiger partial charge in [-0.1, -0.05) is 26.2 Å². The second kappa shape index (κ2) is 7.66. The maximum absolute atomic E-state index is 11.6. The van der Waals surface area contributed by atoms with Crippen LogP contribution in [0.4, 0.5) is 0 Å². The second-order valence-electron chi connectivity index (χ2n) is 4.97. The Morgan fingerprint density at radius 1 is 1.38 bits per heavy atom. The summed E-state index contributed by atoms with van der Waals surface area (Å²) in [6, 6.07) is 0. The van der Waals surface area contributed by atoms with E-state index in [1.807, 2.05) is 6.92 Å². The summed E-state index contributed by atoms with van der Waals surface area (Å²) in [5.74, 6) is 0.575. The number of esters is 1. The monoisotopic (exact) mass is 227 g/mol. The molecule has 1 aliphatic carbocycles. The first-order valence-corrected chi connectivity index (χ1v) is 6.60. The SMILES string of the molecule is CC(CCCN)C(=O)OCC1CCCCC1. The minimum atomic E-state index is -0.0426. The van der Waals surface area contributed by atoms with Crippen molar-refractivity contribution in [3.05, 3.63) is 0 Å². The third kappa shape index (κ3) is 4.97. The maximum Gasteiger partial charge on any atom is 0.308 e. The third-order valence-electron chi connectivity index (χ3n) is 3.43. The zero-order chi connectivity index (χ0) is 11.8. The van der Waals surface area contributed by atoms with Gasteiger partial charge in [-0.3, -0.25) is 4.79 Å². The molecule has 1 saturated carbocycles. The summed E-state index contributed by atoms with van der Waals surface area (Å²) in [5.41, 5.74) is 5.42. The van der Waals surface area contributed by atoms with Gasteiger partial charge in [0.15, 0.2) is 0 Å². The number of nitrogens with two attached hydrogens (primary N) is 1. The Morgan fingerprint density at radius 2 is 2.06 bits per heavy atom. The van der Waals surface area contributed by atoms with Gasteiger partial charge >= 0.3 is 5.97 Å². The molecule has 0 saturated heterocycles. The molecule has 0 heterocycles. The van der Waals surface area contributed by atoms with Crippen LogP contribution in [0.25, 0.3) is 0 Å². The van der Waals surface area contributed by atoms with Gasteiger partial charge < -0.3 is 10.5 Å². The first-order valence-electron chi connectivity index (χ1n) is 6.60. The van der Waals surface area contributed by atoms with Crippen LogP contribution in [0.5, 0.6) is 0 Å². The first-order chi connectivity index (χ1) is 7.74. The summed E-state index contributed by atoms with van der Waals surface area (Å²) >= 11 is 0. The number of ether oxygens (including phenoxy) is 1. The molecule has 1 aliphatic rings. The third-order valence-corrected chi connectivity index (χ3v) is 3.43. The van der Waals surface area contributed by atoms with E-state index in [1.165, 1.54) is 32.1 Å². The van der Waals surface area contributed by atoms with Crippen LogP contribution in [0.3, 0.4) is 0 Å². The highest BCUT2D eigenvalue weighted by Gasteiger charge is 2.18. The molecule has 0 radical (unpaired) electrons. The lowest BCUT2D eigenvalue weighted by atomic mass is 9.90. The van der Waals surface area contributed by atoms with Crippen LogP contribution < -0.4 is 5.73 Å². The highest BCUT2D eigenvalue weighted by molar-refractivity contribution is 5.71. The van der Waals surface area contributed by atoms with Crippen molar-refractivity contribution in [1.29, 1.82) is 0 Å².